The average Bonchev–Trinajstić information content (AvgIpc) is 3.75. The number of aromatic nitrogens is 6. The molecule has 59 heavy (non-hydrogen) atoms. The van der Waals surface area contributed by atoms with Crippen molar-refractivity contribution in [3.8, 4) is 11.5 Å². The number of rotatable bonds is 10. The molecule has 0 spiro atoms. The summed E-state index contributed by atoms with van der Waals surface area (Å²) in [5, 5.41) is 2.15. The highest BCUT2D eigenvalue weighted by Gasteiger charge is 2.27. The Morgan fingerprint density at radius 3 is 1.31 bits per heavy atom. The van der Waals surface area contributed by atoms with Gasteiger partial charge in [0.1, 0.15) is 11.5 Å². The lowest BCUT2D eigenvalue weighted by Crippen LogP contribution is -2.39. The first-order valence-electron chi connectivity index (χ1n) is 20.1. The number of aryl methyl sites for hydroxylation is 6. The van der Waals surface area contributed by atoms with Crippen LogP contribution in [-0.4, -0.2) is 79.1 Å². The number of thiazole rings is 2. The molecule has 6 aromatic heterocycles. The van der Waals surface area contributed by atoms with Crippen LogP contribution in [0.3, 0.4) is 0 Å². The number of piperidine rings is 2. The lowest BCUT2D eigenvalue weighted by molar-refractivity contribution is 0.0992. The number of nitrogens with zero attached hydrogens (tertiary/aromatic N) is 8. The van der Waals surface area contributed by atoms with Gasteiger partial charge in [-0.2, -0.15) is 40.5 Å². The summed E-state index contributed by atoms with van der Waals surface area (Å²) in [5.74, 6) is 2.94. The fourth-order valence-corrected chi connectivity index (χ4v) is 9.62. The largest absolute Gasteiger partial charge is 0.493 e. The van der Waals surface area contributed by atoms with Crippen LogP contribution >= 0.6 is 63.2 Å². The first-order chi connectivity index (χ1) is 26.9. The molecule has 0 aliphatic carbocycles. The van der Waals surface area contributed by atoms with E-state index < -0.39 is 0 Å². The zero-order valence-corrected chi connectivity index (χ0v) is 40.3. The molecule has 10 nitrogen and oxygen atoms in total. The summed E-state index contributed by atoms with van der Waals surface area (Å²) < 4.78 is 14.6. The lowest BCUT2D eigenvalue weighted by Gasteiger charge is -2.36. The standard InChI is InChI=1S/2C22H28N4OS.3H2S/c2*1-14-10-19(11-15(2)23-14)27-13-18-6-5-9-26(12-18)16(3)20-7-8-21-22(25-20)24-17(4)28-21;;;/h2*7-8,10-11,16,18H,5-6,9,12-13H2,1-4H3;3*1H2/t16?,18-;16-,18-;;;/m00.../s1. The van der Waals surface area contributed by atoms with Gasteiger partial charge >= 0.3 is 0 Å². The fourth-order valence-electron chi connectivity index (χ4n) is 8.08. The van der Waals surface area contributed by atoms with Gasteiger partial charge in [-0.05, 0) is 118 Å². The third kappa shape index (κ3) is 13.0. The van der Waals surface area contributed by atoms with Gasteiger partial charge in [-0.25, -0.2) is 19.9 Å². The molecule has 0 aromatic carbocycles. The Hall–Kier alpha value is -3.05. The summed E-state index contributed by atoms with van der Waals surface area (Å²) in [7, 11) is 0. The normalized spacial score (nSPS) is 18.1. The molecule has 0 amide bonds. The molecule has 0 N–H and O–H groups in total. The summed E-state index contributed by atoms with van der Waals surface area (Å²) in [6.07, 6.45) is 4.82. The molecule has 0 radical (unpaired) electrons. The number of hydrogen-bond acceptors (Lipinski definition) is 12. The van der Waals surface area contributed by atoms with Crippen molar-refractivity contribution >= 4 is 83.9 Å². The van der Waals surface area contributed by atoms with E-state index in [4.69, 9.17) is 19.4 Å². The van der Waals surface area contributed by atoms with Crippen LogP contribution in [-0.2, 0) is 0 Å². The minimum absolute atomic E-state index is 0. The van der Waals surface area contributed by atoms with E-state index in [-0.39, 0.29) is 40.5 Å². The van der Waals surface area contributed by atoms with Gasteiger partial charge in [0.05, 0.1) is 44.0 Å². The highest BCUT2D eigenvalue weighted by Crippen LogP contribution is 2.31. The van der Waals surface area contributed by atoms with Gasteiger partial charge in [0.25, 0.3) is 0 Å². The van der Waals surface area contributed by atoms with Gasteiger partial charge in [-0.1, -0.05) is 0 Å². The van der Waals surface area contributed by atoms with Crippen molar-refractivity contribution in [2.75, 3.05) is 39.4 Å². The zero-order chi connectivity index (χ0) is 39.3. The Labute approximate surface area is 379 Å². The van der Waals surface area contributed by atoms with Crippen molar-refractivity contribution in [1.29, 1.82) is 0 Å². The second-order valence-corrected chi connectivity index (χ2v) is 18.2. The van der Waals surface area contributed by atoms with Gasteiger partial charge in [-0.15, -0.1) is 22.7 Å². The topological polar surface area (TPSA) is 102 Å². The summed E-state index contributed by atoms with van der Waals surface area (Å²) in [5.41, 5.74) is 8.01. The van der Waals surface area contributed by atoms with Crippen LogP contribution in [0.5, 0.6) is 11.5 Å². The average molecular weight is 895 g/mol. The quantitative estimate of drug-likeness (QED) is 0.132. The fraction of sp³-hybridized carbons (Fsp3) is 0.500. The number of ether oxygens (including phenoxy) is 2. The van der Waals surface area contributed by atoms with Crippen LogP contribution in [0.2, 0.25) is 0 Å². The second-order valence-electron chi connectivity index (χ2n) is 15.7. The molecule has 2 fully saturated rings. The predicted molar refractivity (Wildman–Crippen MR) is 259 cm³/mol. The van der Waals surface area contributed by atoms with E-state index >= 15 is 0 Å². The molecule has 15 heteroatoms. The van der Waals surface area contributed by atoms with Crippen molar-refractivity contribution in [3.05, 3.63) is 92.7 Å². The van der Waals surface area contributed by atoms with Crippen molar-refractivity contribution in [2.24, 2.45) is 11.8 Å². The molecule has 6 aromatic rings. The molecule has 8 rings (SSSR count). The zero-order valence-electron chi connectivity index (χ0n) is 35.7. The maximum absolute atomic E-state index is 6.11. The van der Waals surface area contributed by atoms with Crippen LogP contribution in [0.4, 0.5) is 0 Å². The minimum atomic E-state index is 0. The van der Waals surface area contributed by atoms with Gasteiger partial charge in [0.2, 0.25) is 0 Å². The Kier molecular flexibility index (Phi) is 18.3. The van der Waals surface area contributed by atoms with E-state index in [0.29, 0.717) is 23.9 Å². The Bertz CT molecular complexity index is 2070. The van der Waals surface area contributed by atoms with Gasteiger partial charge in [-0.3, -0.25) is 19.8 Å². The van der Waals surface area contributed by atoms with Gasteiger partial charge < -0.3 is 9.47 Å². The van der Waals surface area contributed by atoms with E-state index in [0.717, 1.165) is 106 Å². The molecule has 4 atom stereocenters. The molecule has 0 bridgehead atoms. The first-order valence-corrected chi connectivity index (χ1v) is 21.7. The Morgan fingerprint density at radius 1 is 0.559 bits per heavy atom. The first kappa shape index (κ1) is 48.6. The van der Waals surface area contributed by atoms with E-state index in [9.17, 15) is 0 Å². The van der Waals surface area contributed by atoms with Crippen molar-refractivity contribution < 1.29 is 9.47 Å². The monoisotopic (exact) mass is 894 g/mol. The molecule has 2 aliphatic heterocycles. The van der Waals surface area contributed by atoms with E-state index in [1.165, 1.54) is 35.1 Å². The third-order valence-corrected chi connectivity index (χ3v) is 12.7. The molecule has 2 aliphatic rings. The number of likely N-dealkylation sites (tertiary alicyclic amines) is 2. The van der Waals surface area contributed by atoms with E-state index in [1.54, 1.807) is 22.7 Å². The number of pyridine rings is 4. The molecular weight excluding hydrogens is 833 g/mol. The highest BCUT2D eigenvalue weighted by atomic mass is 32.1. The molecule has 2 saturated heterocycles. The highest BCUT2D eigenvalue weighted by molar-refractivity contribution is 7.59. The predicted octanol–water partition coefficient (Wildman–Crippen LogP) is 10.1. The summed E-state index contributed by atoms with van der Waals surface area (Å²) in [4.78, 5) is 32.7. The van der Waals surface area contributed by atoms with Crippen molar-refractivity contribution in [1.82, 2.24) is 39.7 Å². The minimum Gasteiger partial charge on any atom is -0.493 e. The smallest absolute Gasteiger partial charge is 0.170 e. The van der Waals surface area contributed by atoms with Crippen LogP contribution in [0, 0.1) is 53.4 Å². The molecule has 1 unspecified atom stereocenters. The summed E-state index contributed by atoms with van der Waals surface area (Å²) >= 11 is 3.41. The second kappa shape index (κ2) is 22.2. The van der Waals surface area contributed by atoms with Crippen molar-refractivity contribution in [2.45, 2.75) is 93.2 Å². The van der Waals surface area contributed by atoms with Gasteiger partial charge in [0, 0.05) is 84.1 Å². The van der Waals surface area contributed by atoms with Crippen LogP contribution in [0.25, 0.3) is 20.7 Å². The molecule has 0 saturated carbocycles. The van der Waals surface area contributed by atoms with Crippen molar-refractivity contribution in [3.63, 3.8) is 0 Å². The van der Waals surface area contributed by atoms with Crippen LogP contribution in [0.1, 0.15) is 95.8 Å². The summed E-state index contributed by atoms with van der Waals surface area (Å²) in [6.45, 7) is 22.4. The maximum Gasteiger partial charge on any atom is 0.170 e. The maximum atomic E-state index is 6.11. The molecular formula is C44H62N8O2S5. The van der Waals surface area contributed by atoms with Crippen LogP contribution in [0.15, 0.2) is 48.5 Å². The van der Waals surface area contributed by atoms with E-state index in [2.05, 4.69) is 67.8 Å². The third-order valence-electron chi connectivity index (χ3n) is 10.9. The summed E-state index contributed by atoms with van der Waals surface area (Å²) in [6, 6.07) is 17.3. The molecule has 320 valence electrons. The van der Waals surface area contributed by atoms with Crippen LogP contribution < -0.4 is 9.47 Å². The Morgan fingerprint density at radius 2 is 0.932 bits per heavy atom. The van der Waals surface area contributed by atoms with Gasteiger partial charge in [0.15, 0.2) is 11.3 Å². The molecule has 8 heterocycles. The number of fused-ring (bicyclic) bond motifs is 2. The number of hydrogen-bond donors (Lipinski definition) is 0. The lowest BCUT2D eigenvalue weighted by atomic mass is 9.97. The SMILES string of the molecule is Cc1cc(OC[C@H]2CCCN(C(C)c3ccc4sc(C)nc4n3)C2)cc(C)n1.Cc1cc(OC[C@H]2CCCN([C@@H](C)c3ccc4sc(C)nc4n3)C2)cc(C)n1.S.S.S. The van der Waals surface area contributed by atoms with E-state index in [1.807, 2.05) is 65.8 Å². The Balaban J connectivity index is 0.000000248.